The molecule has 0 saturated carbocycles. The van der Waals surface area contributed by atoms with Crippen molar-refractivity contribution in [3.63, 3.8) is 0 Å². The maximum Gasteiger partial charge on any atom is 0.280 e. The quantitative estimate of drug-likeness (QED) is 0.365. The molecule has 0 N–H and O–H groups in total. The third-order valence-electron chi connectivity index (χ3n) is 3.25. The first kappa shape index (κ1) is 15.4. The average molecular weight is 346 g/mol. The summed E-state index contributed by atoms with van der Waals surface area (Å²) in [4.78, 5) is 24.4. The number of amides is 1. The molecule has 6 nitrogen and oxygen atoms in total. The standard InChI is InChI=1S/C15H10N2O4S2/c1-16-14(18)13(23-15(16)22)8-9-6-7-12(21-9)10-4-2-3-5-11(10)17(19)20/h2-8H,1H3. The molecule has 0 spiro atoms. The molecule has 1 aliphatic heterocycles. The highest BCUT2D eigenvalue weighted by Gasteiger charge is 2.29. The Bertz CT molecular complexity index is 857. The van der Waals surface area contributed by atoms with E-state index in [1.54, 1.807) is 43.5 Å². The van der Waals surface area contributed by atoms with E-state index in [2.05, 4.69) is 0 Å². The van der Waals surface area contributed by atoms with Gasteiger partial charge < -0.3 is 4.42 Å². The molecule has 1 amide bonds. The molecule has 8 heteroatoms. The molecule has 2 heterocycles. The van der Waals surface area contributed by atoms with Crippen LogP contribution in [0.4, 0.5) is 5.69 Å². The van der Waals surface area contributed by atoms with Crippen molar-refractivity contribution >= 4 is 46.0 Å². The van der Waals surface area contributed by atoms with Crippen molar-refractivity contribution in [3.05, 3.63) is 57.2 Å². The first-order valence-electron chi connectivity index (χ1n) is 6.52. The number of nitrogens with zero attached hydrogens (tertiary/aromatic N) is 2. The van der Waals surface area contributed by atoms with Crippen LogP contribution < -0.4 is 0 Å². The monoisotopic (exact) mass is 346 g/mol. The lowest BCUT2D eigenvalue weighted by Crippen LogP contribution is -2.22. The summed E-state index contributed by atoms with van der Waals surface area (Å²) >= 11 is 6.25. The lowest BCUT2D eigenvalue weighted by molar-refractivity contribution is -0.384. The second-order valence-electron chi connectivity index (χ2n) is 4.72. The van der Waals surface area contributed by atoms with Crippen LogP contribution in [0.1, 0.15) is 5.76 Å². The van der Waals surface area contributed by atoms with Crippen molar-refractivity contribution in [2.24, 2.45) is 0 Å². The van der Waals surface area contributed by atoms with Crippen LogP contribution in [-0.2, 0) is 4.79 Å². The number of carbonyl (C=O) groups excluding carboxylic acids is 1. The molecule has 2 aromatic rings. The summed E-state index contributed by atoms with van der Waals surface area (Å²) in [6, 6.07) is 9.63. The minimum absolute atomic E-state index is 0.0340. The Labute approximate surface area is 140 Å². The van der Waals surface area contributed by atoms with Gasteiger partial charge in [-0.25, -0.2) is 0 Å². The van der Waals surface area contributed by atoms with E-state index >= 15 is 0 Å². The van der Waals surface area contributed by atoms with E-state index < -0.39 is 4.92 Å². The molecule has 3 rings (SSSR count). The van der Waals surface area contributed by atoms with Crippen LogP contribution in [0, 0.1) is 10.1 Å². The summed E-state index contributed by atoms with van der Waals surface area (Å²) in [6.45, 7) is 0. The number of rotatable bonds is 3. The number of para-hydroxylation sites is 1. The van der Waals surface area contributed by atoms with Crippen LogP contribution in [0.25, 0.3) is 17.4 Å². The number of thioether (sulfide) groups is 1. The molecular weight excluding hydrogens is 336 g/mol. The second-order valence-corrected chi connectivity index (χ2v) is 6.39. The van der Waals surface area contributed by atoms with E-state index in [1.807, 2.05) is 0 Å². The van der Waals surface area contributed by atoms with Crippen molar-refractivity contribution in [1.29, 1.82) is 0 Å². The fraction of sp³-hybridized carbons (Fsp3) is 0.0667. The van der Waals surface area contributed by atoms with Gasteiger partial charge in [0.1, 0.15) is 15.8 Å². The number of hydrogen-bond acceptors (Lipinski definition) is 6. The lowest BCUT2D eigenvalue weighted by Gasteiger charge is -2.03. The maximum atomic E-state index is 12.0. The Balaban J connectivity index is 1.95. The molecule has 0 bridgehead atoms. The number of benzene rings is 1. The van der Waals surface area contributed by atoms with Crippen LogP contribution in [0.15, 0.2) is 45.7 Å². The van der Waals surface area contributed by atoms with E-state index in [1.165, 1.54) is 22.7 Å². The first-order chi connectivity index (χ1) is 11.0. The molecule has 1 fully saturated rings. The van der Waals surface area contributed by atoms with E-state index in [0.717, 1.165) is 0 Å². The van der Waals surface area contributed by atoms with E-state index in [9.17, 15) is 14.9 Å². The fourth-order valence-corrected chi connectivity index (χ4v) is 3.25. The smallest absolute Gasteiger partial charge is 0.280 e. The Kier molecular flexibility index (Phi) is 4.01. The van der Waals surface area contributed by atoms with Crippen LogP contribution in [0.2, 0.25) is 0 Å². The highest BCUT2D eigenvalue weighted by molar-refractivity contribution is 8.26. The van der Waals surface area contributed by atoms with Gasteiger partial charge in [0, 0.05) is 19.2 Å². The maximum absolute atomic E-state index is 12.0. The summed E-state index contributed by atoms with van der Waals surface area (Å²) in [7, 11) is 1.61. The predicted molar refractivity (Wildman–Crippen MR) is 91.7 cm³/mol. The van der Waals surface area contributed by atoms with Gasteiger partial charge in [-0.2, -0.15) is 0 Å². The van der Waals surface area contributed by atoms with Gasteiger partial charge in [0.25, 0.3) is 11.6 Å². The number of furan rings is 1. The zero-order valence-corrected chi connectivity index (χ0v) is 13.5. The summed E-state index contributed by atoms with van der Waals surface area (Å²) in [5.74, 6) is 0.617. The highest BCUT2D eigenvalue weighted by Crippen LogP contribution is 2.34. The van der Waals surface area contributed by atoms with Gasteiger partial charge >= 0.3 is 0 Å². The summed E-state index contributed by atoms with van der Waals surface area (Å²) < 4.78 is 6.11. The number of nitro benzene ring substituents is 1. The van der Waals surface area contributed by atoms with E-state index in [-0.39, 0.29) is 11.6 Å². The van der Waals surface area contributed by atoms with Crippen LogP contribution in [-0.4, -0.2) is 27.1 Å². The van der Waals surface area contributed by atoms with Crippen LogP contribution in [0.5, 0.6) is 0 Å². The van der Waals surface area contributed by atoms with Gasteiger partial charge in [0.15, 0.2) is 0 Å². The Morgan fingerprint density at radius 2 is 2.04 bits per heavy atom. The normalized spacial score (nSPS) is 16.4. The number of carbonyl (C=O) groups is 1. The van der Waals surface area contributed by atoms with Gasteiger partial charge in [-0.15, -0.1) is 0 Å². The summed E-state index contributed by atoms with van der Waals surface area (Å²) in [5, 5.41) is 11.1. The minimum atomic E-state index is -0.459. The van der Waals surface area contributed by atoms with Crippen molar-refractivity contribution in [1.82, 2.24) is 4.90 Å². The molecule has 0 aliphatic carbocycles. The molecule has 116 valence electrons. The molecule has 1 aromatic heterocycles. The van der Waals surface area contributed by atoms with Crippen LogP contribution >= 0.6 is 24.0 Å². The van der Waals surface area contributed by atoms with Crippen molar-refractivity contribution in [3.8, 4) is 11.3 Å². The van der Waals surface area contributed by atoms with Crippen molar-refractivity contribution in [2.75, 3.05) is 7.05 Å². The fourth-order valence-electron chi connectivity index (χ4n) is 2.09. The highest BCUT2D eigenvalue weighted by atomic mass is 32.2. The minimum Gasteiger partial charge on any atom is -0.456 e. The molecule has 1 aromatic carbocycles. The summed E-state index contributed by atoms with van der Waals surface area (Å²) in [5.41, 5.74) is 0.355. The van der Waals surface area contributed by atoms with Crippen molar-refractivity contribution in [2.45, 2.75) is 0 Å². The lowest BCUT2D eigenvalue weighted by atomic mass is 10.1. The largest absolute Gasteiger partial charge is 0.456 e. The zero-order valence-electron chi connectivity index (χ0n) is 11.9. The van der Waals surface area contributed by atoms with Gasteiger partial charge in [0.05, 0.1) is 15.4 Å². The molecule has 1 saturated heterocycles. The van der Waals surface area contributed by atoms with E-state index in [0.29, 0.717) is 26.3 Å². The molecule has 0 atom stereocenters. The first-order valence-corrected chi connectivity index (χ1v) is 7.75. The molecule has 0 unspecified atom stereocenters. The number of likely N-dealkylation sites (N-methyl/N-ethyl adjacent to an activating group) is 1. The number of thiocarbonyl (C=S) groups is 1. The van der Waals surface area contributed by atoms with Gasteiger partial charge in [-0.3, -0.25) is 19.8 Å². The Hall–Kier alpha value is -2.45. The van der Waals surface area contributed by atoms with Gasteiger partial charge in [-0.05, 0) is 18.2 Å². The number of hydrogen-bond donors (Lipinski definition) is 0. The Morgan fingerprint density at radius 1 is 1.30 bits per heavy atom. The second kappa shape index (κ2) is 5.98. The zero-order chi connectivity index (χ0) is 16.6. The predicted octanol–water partition coefficient (Wildman–Crippen LogP) is 3.69. The molecule has 0 radical (unpaired) electrons. The molecule has 1 aliphatic rings. The third kappa shape index (κ3) is 2.90. The van der Waals surface area contributed by atoms with Gasteiger partial charge in [0.2, 0.25) is 0 Å². The molecule has 23 heavy (non-hydrogen) atoms. The van der Waals surface area contributed by atoms with Crippen LogP contribution in [0.3, 0.4) is 0 Å². The van der Waals surface area contributed by atoms with Crippen molar-refractivity contribution < 1.29 is 14.1 Å². The summed E-state index contributed by atoms with van der Waals surface area (Å²) in [6.07, 6.45) is 1.58. The number of nitro groups is 1. The van der Waals surface area contributed by atoms with Gasteiger partial charge in [-0.1, -0.05) is 36.1 Å². The SMILES string of the molecule is CN1C(=O)C(=Cc2ccc(-c3ccccc3[N+](=O)[O-])o2)SC1=S. The topological polar surface area (TPSA) is 76.6 Å². The van der Waals surface area contributed by atoms with E-state index in [4.69, 9.17) is 16.6 Å². The Morgan fingerprint density at radius 3 is 2.70 bits per heavy atom. The molecular formula is C15H10N2O4S2. The third-order valence-corrected chi connectivity index (χ3v) is 4.74. The average Bonchev–Trinajstić information content (AvgIpc) is 3.09.